The number of nitrogens with zero attached hydrogens (tertiary/aromatic N) is 1. The van der Waals surface area contributed by atoms with Gasteiger partial charge in [-0.2, -0.15) is 0 Å². The van der Waals surface area contributed by atoms with Crippen LogP contribution in [-0.2, 0) is 22.5 Å². The van der Waals surface area contributed by atoms with E-state index < -0.39 is 11.6 Å². The summed E-state index contributed by atoms with van der Waals surface area (Å²) in [5, 5.41) is 12.8. The van der Waals surface area contributed by atoms with Gasteiger partial charge in [-0.1, -0.05) is 82.1 Å². The Hall–Kier alpha value is -3.65. The quantitative estimate of drug-likeness (QED) is 0.181. The standard InChI is InChI=1S/C33H30BrClN2O4/c34-27-13-9-25(10-14-27)30-33(21-23-5-2-1-3-6-23,32(39)36-22-24-7-15-28(35)16-8-24)37-31(41-30)26-11-17-29(18-12-26)40-20-4-19-38/h1-3,5-18,30,38H,4,19-22H2,(H,36,39)/t30-,33-/m1/s1. The topological polar surface area (TPSA) is 80.2 Å². The van der Waals surface area contributed by atoms with Crippen LogP contribution >= 0.6 is 27.5 Å². The molecule has 1 amide bonds. The number of nitrogens with one attached hydrogen (secondary N) is 1. The number of aliphatic imine (C=N–C) groups is 1. The Morgan fingerprint density at radius 2 is 1.66 bits per heavy atom. The van der Waals surface area contributed by atoms with Crippen LogP contribution in [-0.4, -0.2) is 35.7 Å². The summed E-state index contributed by atoms with van der Waals surface area (Å²) in [6.45, 7) is 0.820. The molecule has 0 aromatic heterocycles. The summed E-state index contributed by atoms with van der Waals surface area (Å²) < 4.78 is 13.2. The predicted molar refractivity (Wildman–Crippen MR) is 164 cm³/mol. The summed E-state index contributed by atoms with van der Waals surface area (Å²) in [4.78, 5) is 19.3. The monoisotopic (exact) mass is 632 g/mol. The molecule has 0 fully saturated rings. The highest BCUT2D eigenvalue weighted by Crippen LogP contribution is 2.43. The van der Waals surface area contributed by atoms with Crippen molar-refractivity contribution in [3.8, 4) is 5.75 Å². The molecule has 2 atom stereocenters. The smallest absolute Gasteiger partial charge is 0.252 e. The Balaban J connectivity index is 1.53. The third-order valence-electron chi connectivity index (χ3n) is 6.89. The van der Waals surface area contributed by atoms with Gasteiger partial charge in [-0.25, -0.2) is 4.99 Å². The van der Waals surface area contributed by atoms with Crippen molar-refractivity contribution in [2.45, 2.75) is 31.0 Å². The van der Waals surface area contributed by atoms with E-state index in [1.54, 1.807) is 12.1 Å². The molecule has 1 aliphatic rings. The number of benzene rings is 4. The van der Waals surface area contributed by atoms with Gasteiger partial charge in [0.05, 0.1) is 6.61 Å². The van der Waals surface area contributed by atoms with Gasteiger partial charge in [0.2, 0.25) is 5.90 Å². The van der Waals surface area contributed by atoms with Gasteiger partial charge in [0.25, 0.3) is 5.91 Å². The van der Waals surface area contributed by atoms with Crippen LogP contribution in [0.4, 0.5) is 0 Å². The number of ether oxygens (including phenoxy) is 2. The summed E-state index contributed by atoms with van der Waals surface area (Å²) in [6, 6.07) is 32.5. The lowest BCUT2D eigenvalue weighted by Gasteiger charge is -2.31. The number of hydrogen-bond donors (Lipinski definition) is 2. The van der Waals surface area contributed by atoms with Crippen LogP contribution in [0.2, 0.25) is 5.02 Å². The van der Waals surface area contributed by atoms with Gasteiger partial charge < -0.3 is 19.9 Å². The van der Waals surface area contributed by atoms with E-state index in [9.17, 15) is 4.79 Å². The number of halogens is 2. The molecule has 2 N–H and O–H groups in total. The maximum absolute atomic E-state index is 14.3. The van der Waals surface area contributed by atoms with Crippen molar-refractivity contribution < 1.29 is 19.4 Å². The van der Waals surface area contributed by atoms with Crippen molar-refractivity contribution >= 4 is 39.3 Å². The normalized spacial score (nSPS) is 17.9. The van der Waals surface area contributed by atoms with E-state index in [4.69, 9.17) is 31.2 Å². The molecule has 0 bridgehead atoms. The van der Waals surface area contributed by atoms with Crippen molar-refractivity contribution in [2.24, 2.45) is 4.99 Å². The first-order chi connectivity index (χ1) is 20.0. The third-order valence-corrected chi connectivity index (χ3v) is 7.67. The van der Waals surface area contributed by atoms with Crippen molar-refractivity contribution in [3.05, 3.63) is 135 Å². The van der Waals surface area contributed by atoms with Gasteiger partial charge >= 0.3 is 0 Å². The Bertz CT molecular complexity index is 1480. The first-order valence-electron chi connectivity index (χ1n) is 13.4. The van der Waals surface area contributed by atoms with E-state index in [1.807, 2.05) is 91.0 Å². The molecule has 5 rings (SSSR count). The molecule has 210 valence electrons. The molecule has 8 heteroatoms. The number of amides is 1. The molecule has 41 heavy (non-hydrogen) atoms. The molecule has 0 saturated heterocycles. The van der Waals surface area contributed by atoms with Gasteiger partial charge in [0.1, 0.15) is 5.75 Å². The molecular weight excluding hydrogens is 604 g/mol. The van der Waals surface area contributed by atoms with Crippen LogP contribution in [0.1, 0.15) is 34.8 Å². The second-order valence-electron chi connectivity index (χ2n) is 9.81. The van der Waals surface area contributed by atoms with Crippen LogP contribution in [0.25, 0.3) is 0 Å². The fraction of sp³-hybridized carbons (Fsp3) is 0.212. The van der Waals surface area contributed by atoms with Gasteiger partial charge in [0.15, 0.2) is 11.6 Å². The molecule has 1 aliphatic heterocycles. The molecular formula is C33H30BrClN2O4. The lowest BCUT2D eigenvalue weighted by atomic mass is 9.82. The molecule has 0 aliphatic carbocycles. The number of hydrogen-bond acceptors (Lipinski definition) is 5. The summed E-state index contributed by atoms with van der Waals surface area (Å²) in [5.41, 5.74) is 2.21. The lowest BCUT2D eigenvalue weighted by Crippen LogP contribution is -2.49. The zero-order valence-electron chi connectivity index (χ0n) is 22.3. The molecule has 1 heterocycles. The van der Waals surface area contributed by atoms with E-state index in [1.165, 1.54) is 0 Å². The number of aliphatic hydroxyl groups excluding tert-OH is 1. The van der Waals surface area contributed by atoms with Crippen molar-refractivity contribution in [1.29, 1.82) is 0 Å². The molecule has 0 radical (unpaired) electrons. The second kappa shape index (κ2) is 13.3. The van der Waals surface area contributed by atoms with Crippen molar-refractivity contribution in [2.75, 3.05) is 13.2 Å². The molecule has 0 unspecified atom stereocenters. The molecule has 4 aromatic carbocycles. The largest absolute Gasteiger partial charge is 0.494 e. The van der Waals surface area contributed by atoms with Crippen LogP contribution in [0, 0.1) is 0 Å². The van der Waals surface area contributed by atoms with Gasteiger partial charge in [0, 0.05) is 41.1 Å². The van der Waals surface area contributed by atoms with Crippen LogP contribution in [0.15, 0.2) is 113 Å². The number of aliphatic hydroxyl groups is 1. The Morgan fingerprint density at radius 3 is 2.34 bits per heavy atom. The average Bonchev–Trinajstić information content (AvgIpc) is 3.38. The summed E-state index contributed by atoms with van der Waals surface area (Å²) in [5.74, 6) is 0.835. The number of rotatable bonds is 11. The van der Waals surface area contributed by atoms with E-state index in [2.05, 4.69) is 21.2 Å². The highest BCUT2D eigenvalue weighted by molar-refractivity contribution is 9.10. The van der Waals surface area contributed by atoms with E-state index in [0.717, 1.165) is 26.7 Å². The van der Waals surface area contributed by atoms with E-state index in [0.29, 0.717) is 42.7 Å². The second-order valence-corrected chi connectivity index (χ2v) is 11.2. The number of carbonyl (C=O) groups is 1. The summed E-state index contributed by atoms with van der Waals surface area (Å²) in [7, 11) is 0. The minimum Gasteiger partial charge on any atom is -0.494 e. The zero-order chi connectivity index (χ0) is 28.7. The first-order valence-corrected chi connectivity index (χ1v) is 14.6. The minimum atomic E-state index is -1.27. The Kier molecular flexibility index (Phi) is 9.39. The van der Waals surface area contributed by atoms with E-state index in [-0.39, 0.29) is 12.5 Å². The third kappa shape index (κ3) is 6.99. The van der Waals surface area contributed by atoms with Crippen LogP contribution in [0.5, 0.6) is 5.75 Å². The minimum absolute atomic E-state index is 0.0732. The first kappa shape index (κ1) is 28.9. The Morgan fingerprint density at radius 1 is 0.951 bits per heavy atom. The van der Waals surface area contributed by atoms with E-state index >= 15 is 0 Å². The molecule has 4 aromatic rings. The fourth-order valence-electron chi connectivity index (χ4n) is 4.76. The predicted octanol–water partition coefficient (Wildman–Crippen LogP) is 6.68. The van der Waals surface area contributed by atoms with Crippen molar-refractivity contribution in [3.63, 3.8) is 0 Å². The summed E-state index contributed by atoms with van der Waals surface area (Å²) >= 11 is 9.58. The van der Waals surface area contributed by atoms with Crippen molar-refractivity contribution in [1.82, 2.24) is 5.32 Å². The summed E-state index contributed by atoms with van der Waals surface area (Å²) in [6.07, 6.45) is 0.225. The lowest BCUT2D eigenvalue weighted by molar-refractivity contribution is -0.129. The fourth-order valence-corrected chi connectivity index (χ4v) is 5.15. The van der Waals surface area contributed by atoms with Gasteiger partial charge in [-0.15, -0.1) is 0 Å². The molecule has 6 nitrogen and oxygen atoms in total. The molecule has 0 saturated carbocycles. The number of carbonyl (C=O) groups excluding carboxylic acids is 1. The van der Waals surface area contributed by atoms with Gasteiger partial charge in [-0.3, -0.25) is 4.79 Å². The SMILES string of the molecule is O=C(NCc1ccc(Cl)cc1)[C@]1(Cc2ccccc2)N=C(c2ccc(OCCCO)cc2)O[C@@H]1c1ccc(Br)cc1. The van der Waals surface area contributed by atoms with Crippen LogP contribution < -0.4 is 10.1 Å². The zero-order valence-corrected chi connectivity index (χ0v) is 24.6. The highest BCUT2D eigenvalue weighted by Gasteiger charge is 2.53. The maximum Gasteiger partial charge on any atom is 0.252 e. The van der Waals surface area contributed by atoms with Crippen LogP contribution in [0.3, 0.4) is 0 Å². The maximum atomic E-state index is 14.3. The highest BCUT2D eigenvalue weighted by atomic mass is 79.9. The average molecular weight is 634 g/mol. The molecule has 0 spiro atoms. The van der Waals surface area contributed by atoms with Gasteiger partial charge in [-0.05, 0) is 65.2 Å². The Labute approximate surface area is 253 Å².